The lowest BCUT2D eigenvalue weighted by Gasteiger charge is -2.32. The third-order valence-corrected chi connectivity index (χ3v) is 12.4. The molecule has 0 saturated carbocycles. The van der Waals surface area contributed by atoms with Crippen molar-refractivity contribution in [3.8, 4) is 33.4 Å². The van der Waals surface area contributed by atoms with Crippen molar-refractivity contribution in [3.63, 3.8) is 0 Å². The number of aryl methyl sites for hydroxylation is 1. The van der Waals surface area contributed by atoms with Gasteiger partial charge in [0.2, 0.25) is 0 Å². The minimum Gasteiger partial charge on any atom is -0.454 e. The number of nitrogens with zero attached hydrogens (tertiary/aromatic N) is 1. The molecule has 0 atom stereocenters. The Morgan fingerprint density at radius 1 is 0.411 bits per heavy atom. The summed E-state index contributed by atoms with van der Waals surface area (Å²) < 4.78 is 7.13. The van der Waals surface area contributed by atoms with Crippen LogP contribution in [-0.2, 0) is 5.41 Å². The number of hydrogen-bond acceptors (Lipinski definition) is 2. The quantitative estimate of drug-likeness (QED) is 0.181. The molecular weight excluding hydrogens is 679 g/mol. The Bertz CT molecular complexity index is 3180. The molecule has 0 aliphatic heterocycles. The van der Waals surface area contributed by atoms with Crippen molar-refractivity contribution in [2.75, 3.05) is 4.90 Å². The highest BCUT2D eigenvalue weighted by atomic mass is 16.3. The summed E-state index contributed by atoms with van der Waals surface area (Å²) in [5, 5.41) is 4.70. The summed E-state index contributed by atoms with van der Waals surface area (Å²) in [6.07, 6.45) is 0. The monoisotopic (exact) mass is 713 g/mol. The molecule has 262 valence electrons. The molecule has 0 amide bonds. The van der Waals surface area contributed by atoms with E-state index in [0.717, 1.165) is 55.7 Å². The zero-order valence-electron chi connectivity index (χ0n) is 30.8. The highest BCUT2D eigenvalue weighted by Gasteiger charge is 2.52. The first-order valence-electron chi connectivity index (χ1n) is 19.4. The molecule has 2 aliphatic carbocycles. The lowest BCUT2D eigenvalue weighted by molar-refractivity contribution is 0.666. The minimum atomic E-state index is -0.457. The highest BCUT2D eigenvalue weighted by molar-refractivity contribution is 6.22. The summed E-state index contributed by atoms with van der Waals surface area (Å²) in [4.78, 5) is 2.48. The van der Waals surface area contributed by atoms with Crippen LogP contribution in [0.4, 0.5) is 17.1 Å². The van der Waals surface area contributed by atoms with Gasteiger partial charge in [0.25, 0.3) is 0 Å². The van der Waals surface area contributed by atoms with E-state index in [0.29, 0.717) is 0 Å². The number of fused-ring (bicyclic) bond motifs is 15. The number of rotatable bonds is 4. The van der Waals surface area contributed by atoms with Crippen LogP contribution < -0.4 is 4.90 Å². The van der Waals surface area contributed by atoms with Gasteiger partial charge in [0.05, 0.1) is 22.5 Å². The summed E-state index contributed by atoms with van der Waals surface area (Å²) in [7, 11) is 0. The van der Waals surface area contributed by atoms with E-state index in [9.17, 15) is 0 Å². The Kier molecular flexibility index (Phi) is 6.50. The van der Waals surface area contributed by atoms with Crippen molar-refractivity contribution in [2.45, 2.75) is 12.3 Å². The predicted molar refractivity (Wildman–Crippen MR) is 232 cm³/mol. The van der Waals surface area contributed by atoms with Crippen LogP contribution in [0.5, 0.6) is 0 Å². The van der Waals surface area contributed by atoms with Crippen LogP contribution in [0, 0.1) is 6.92 Å². The van der Waals surface area contributed by atoms with Crippen molar-refractivity contribution in [2.24, 2.45) is 0 Å². The Balaban J connectivity index is 1.22. The molecule has 10 aromatic rings. The maximum absolute atomic E-state index is 7.13. The minimum absolute atomic E-state index is 0.457. The molecule has 2 heteroatoms. The molecule has 12 rings (SSSR count). The first-order valence-corrected chi connectivity index (χ1v) is 19.4. The van der Waals surface area contributed by atoms with Gasteiger partial charge in [0.1, 0.15) is 5.58 Å². The lowest BCUT2D eigenvalue weighted by atomic mass is 9.70. The van der Waals surface area contributed by atoms with Crippen LogP contribution in [0.25, 0.3) is 66.1 Å². The number of para-hydroxylation sites is 2. The van der Waals surface area contributed by atoms with E-state index < -0.39 is 5.41 Å². The second-order valence-corrected chi connectivity index (χ2v) is 15.2. The van der Waals surface area contributed by atoms with E-state index in [1.54, 1.807) is 0 Å². The van der Waals surface area contributed by atoms with Crippen molar-refractivity contribution >= 4 is 49.8 Å². The van der Waals surface area contributed by atoms with Crippen LogP contribution in [0.3, 0.4) is 0 Å². The second-order valence-electron chi connectivity index (χ2n) is 15.2. The second kappa shape index (κ2) is 11.7. The van der Waals surface area contributed by atoms with Gasteiger partial charge in [-0.1, -0.05) is 170 Å². The maximum Gasteiger partial charge on any atom is 0.159 e. The average molecular weight is 714 g/mol. The smallest absolute Gasteiger partial charge is 0.159 e. The number of anilines is 3. The van der Waals surface area contributed by atoms with E-state index >= 15 is 0 Å². The lowest BCUT2D eigenvalue weighted by Crippen LogP contribution is -2.26. The van der Waals surface area contributed by atoms with E-state index in [4.69, 9.17) is 4.42 Å². The molecule has 0 bridgehead atoms. The molecule has 0 N–H and O–H groups in total. The molecular formula is C54H35NO. The van der Waals surface area contributed by atoms with Crippen molar-refractivity contribution in [1.82, 2.24) is 0 Å². The highest BCUT2D eigenvalue weighted by Crippen LogP contribution is 2.65. The zero-order valence-corrected chi connectivity index (χ0v) is 30.8. The van der Waals surface area contributed by atoms with Gasteiger partial charge in [-0.15, -0.1) is 0 Å². The molecule has 0 unspecified atom stereocenters. The van der Waals surface area contributed by atoms with Gasteiger partial charge in [0, 0.05) is 21.9 Å². The number of benzene rings is 9. The molecule has 9 aromatic carbocycles. The van der Waals surface area contributed by atoms with Crippen LogP contribution in [0.2, 0.25) is 0 Å². The van der Waals surface area contributed by atoms with Gasteiger partial charge in [-0.25, -0.2) is 0 Å². The molecule has 2 nitrogen and oxygen atoms in total. The number of furan rings is 1. The van der Waals surface area contributed by atoms with Gasteiger partial charge >= 0.3 is 0 Å². The van der Waals surface area contributed by atoms with Crippen LogP contribution in [0.1, 0.15) is 27.8 Å². The molecule has 1 aromatic heterocycles. The third kappa shape index (κ3) is 4.05. The zero-order chi connectivity index (χ0) is 37.0. The van der Waals surface area contributed by atoms with E-state index in [1.165, 1.54) is 55.3 Å². The summed E-state index contributed by atoms with van der Waals surface area (Å²) in [6.45, 7) is 2.16. The summed E-state index contributed by atoms with van der Waals surface area (Å²) in [5.41, 5.74) is 18.4. The average Bonchev–Trinajstić information content (AvgIpc) is 3.90. The van der Waals surface area contributed by atoms with Crippen molar-refractivity contribution in [1.29, 1.82) is 0 Å². The molecule has 56 heavy (non-hydrogen) atoms. The standard InChI is InChI=1S/C54H35NO/c1-34-33-36-19-5-6-21-38(36)50-42-25-15-32-49(53(42)56-52(34)50)55(47-30-14-10-20-37(47)35-17-3-2-4-18-35)48-31-16-29-46-51(48)41-24-9-13-28-45(41)54(46)43-26-11-7-22-39(43)40-23-8-12-27-44(40)54/h2-33H,1H3. The fourth-order valence-electron chi connectivity index (χ4n) is 10.2. The van der Waals surface area contributed by atoms with E-state index in [-0.39, 0.29) is 0 Å². The normalized spacial score (nSPS) is 13.2. The van der Waals surface area contributed by atoms with Crippen molar-refractivity contribution < 1.29 is 4.42 Å². The largest absolute Gasteiger partial charge is 0.454 e. The Morgan fingerprint density at radius 2 is 0.946 bits per heavy atom. The third-order valence-electron chi connectivity index (χ3n) is 12.4. The fourth-order valence-corrected chi connectivity index (χ4v) is 10.2. The fraction of sp³-hybridized carbons (Fsp3) is 0.0370. The Hall–Kier alpha value is -7.16. The van der Waals surface area contributed by atoms with Crippen LogP contribution in [-0.4, -0.2) is 0 Å². The first-order chi connectivity index (χ1) is 27.7. The molecule has 1 spiro atoms. The molecule has 0 saturated heterocycles. The predicted octanol–water partition coefficient (Wildman–Crippen LogP) is 14.5. The van der Waals surface area contributed by atoms with Crippen molar-refractivity contribution in [3.05, 3.63) is 222 Å². The van der Waals surface area contributed by atoms with Crippen LogP contribution >= 0.6 is 0 Å². The summed E-state index contributed by atoms with van der Waals surface area (Å²) >= 11 is 0. The van der Waals surface area contributed by atoms with E-state index in [2.05, 4.69) is 206 Å². The first kappa shape index (κ1) is 31.2. The molecule has 1 heterocycles. The molecule has 2 aliphatic rings. The summed E-state index contributed by atoms with van der Waals surface area (Å²) in [5.74, 6) is 0. The van der Waals surface area contributed by atoms with Gasteiger partial charge in [0.15, 0.2) is 5.58 Å². The summed E-state index contributed by atoms with van der Waals surface area (Å²) in [6, 6.07) is 71.2. The van der Waals surface area contributed by atoms with Gasteiger partial charge in [-0.2, -0.15) is 0 Å². The Labute approximate surface area is 325 Å². The Morgan fingerprint density at radius 3 is 1.71 bits per heavy atom. The molecule has 0 fully saturated rings. The van der Waals surface area contributed by atoms with Gasteiger partial charge in [-0.3, -0.25) is 0 Å². The number of hydrogen-bond donors (Lipinski definition) is 0. The molecule has 0 radical (unpaired) electrons. The van der Waals surface area contributed by atoms with Gasteiger partial charge in [-0.05, 0) is 92.0 Å². The van der Waals surface area contributed by atoms with Crippen LogP contribution in [0.15, 0.2) is 199 Å². The maximum atomic E-state index is 7.13. The van der Waals surface area contributed by atoms with Gasteiger partial charge < -0.3 is 9.32 Å². The van der Waals surface area contributed by atoms with E-state index in [1.807, 2.05) is 0 Å². The SMILES string of the molecule is Cc1cc2ccccc2c2c1oc1c(N(c3ccccc3-c3ccccc3)c3cccc4c3-c3ccccc3C43c4ccccc4-c4ccccc43)cccc12. The topological polar surface area (TPSA) is 16.4 Å².